The van der Waals surface area contributed by atoms with Gasteiger partial charge in [0.1, 0.15) is 6.29 Å². The number of pyridine rings is 1. The van der Waals surface area contributed by atoms with Gasteiger partial charge in [-0.15, -0.1) is 0 Å². The third-order valence-electron chi connectivity index (χ3n) is 2.61. The summed E-state index contributed by atoms with van der Waals surface area (Å²) in [4.78, 5) is 17.1. The Morgan fingerprint density at radius 2 is 2.50 bits per heavy atom. The number of hydrogen-bond donors (Lipinski definition) is 0. The highest BCUT2D eigenvalue weighted by molar-refractivity contribution is 5.54. The summed E-state index contributed by atoms with van der Waals surface area (Å²) in [5.41, 5.74) is 1.08. The molecule has 1 aromatic rings. The molecule has 0 N–H and O–H groups in total. The lowest BCUT2D eigenvalue weighted by molar-refractivity contribution is -0.110. The van der Waals surface area contributed by atoms with E-state index in [9.17, 15) is 4.79 Å². The molecule has 1 fully saturated rings. The van der Waals surface area contributed by atoms with Crippen molar-refractivity contribution in [3.63, 3.8) is 0 Å². The lowest BCUT2D eigenvalue weighted by Crippen LogP contribution is -2.20. The van der Waals surface area contributed by atoms with E-state index >= 15 is 0 Å². The van der Waals surface area contributed by atoms with Gasteiger partial charge in [0, 0.05) is 25.2 Å². The molecule has 1 aromatic heterocycles. The summed E-state index contributed by atoms with van der Waals surface area (Å²) in [6, 6.07) is 5.94. The number of nitrogens with zero attached hydrogens (tertiary/aromatic N) is 2. The van der Waals surface area contributed by atoms with Crippen LogP contribution < -0.4 is 0 Å². The summed E-state index contributed by atoms with van der Waals surface area (Å²) in [6.07, 6.45) is 3.87. The van der Waals surface area contributed by atoms with Crippen molar-refractivity contribution >= 4 is 6.29 Å². The second kappa shape index (κ2) is 4.33. The molecule has 1 atom stereocenters. The predicted molar refractivity (Wildman–Crippen MR) is 53.7 cm³/mol. The van der Waals surface area contributed by atoms with Crippen LogP contribution in [0.4, 0.5) is 0 Å². The van der Waals surface area contributed by atoms with E-state index < -0.39 is 0 Å². The van der Waals surface area contributed by atoms with Gasteiger partial charge >= 0.3 is 0 Å². The Balaban J connectivity index is 1.90. The van der Waals surface area contributed by atoms with E-state index in [2.05, 4.69) is 9.88 Å². The summed E-state index contributed by atoms with van der Waals surface area (Å²) in [5.74, 6) is 0.235. The highest BCUT2D eigenvalue weighted by Gasteiger charge is 2.21. The molecule has 14 heavy (non-hydrogen) atoms. The van der Waals surface area contributed by atoms with E-state index in [1.807, 2.05) is 24.4 Å². The number of rotatable bonds is 3. The maximum Gasteiger partial charge on any atom is 0.124 e. The second-order valence-corrected chi connectivity index (χ2v) is 3.74. The summed E-state index contributed by atoms with van der Waals surface area (Å²) in [7, 11) is 0. The molecule has 0 spiro atoms. The SMILES string of the molecule is O=C[C@H]1CCN(Cc2ccccn2)C1. The molecule has 0 unspecified atom stereocenters. The summed E-state index contributed by atoms with van der Waals surface area (Å²) < 4.78 is 0. The molecule has 1 aliphatic heterocycles. The molecule has 0 saturated carbocycles. The Morgan fingerprint density at radius 3 is 3.14 bits per heavy atom. The van der Waals surface area contributed by atoms with Gasteiger partial charge in [-0.1, -0.05) is 6.07 Å². The normalized spacial score (nSPS) is 22.4. The molecule has 1 aliphatic rings. The molecule has 3 heteroatoms. The lowest BCUT2D eigenvalue weighted by atomic mass is 10.1. The topological polar surface area (TPSA) is 33.2 Å². The average molecular weight is 190 g/mol. The van der Waals surface area contributed by atoms with Crippen LogP contribution in [0, 0.1) is 5.92 Å². The maximum atomic E-state index is 10.6. The van der Waals surface area contributed by atoms with Crippen LogP contribution in [0.15, 0.2) is 24.4 Å². The first kappa shape index (κ1) is 9.34. The van der Waals surface area contributed by atoms with Crippen LogP contribution in [0.2, 0.25) is 0 Å². The predicted octanol–water partition coefficient (Wildman–Crippen LogP) is 1.10. The molecule has 0 amide bonds. The van der Waals surface area contributed by atoms with Crippen molar-refractivity contribution in [2.45, 2.75) is 13.0 Å². The van der Waals surface area contributed by atoms with Crippen LogP contribution in [0.25, 0.3) is 0 Å². The number of hydrogen-bond acceptors (Lipinski definition) is 3. The van der Waals surface area contributed by atoms with E-state index in [-0.39, 0.29) is 5.92 Å². The smallest absolute Gasteiger partial charge is 0.124 e. The summed E-state index contributed by atoms with van der Waals surface area (Å²) >= 11 is 0. The van der Waals surface area contributed by atoms with Crippen molar-refractivity contribution in [2.24, 2.45) is 5.92 Å². The van der Waals surface area contributed by atoms with Crippen LogP contribution in [0.5, 0.6) is 0 Å². The molecule has 0 aromatic carbocycles. The van der Waals surface area contributed by atoms with E-state index in [1.54, 1.807) is 0 Å². The van der Waals surface area contributed by atoms with Gasteiger partial charge in [-0.3, -0.25) is 9.88 Å². The third-order valence-corrected chi connectivity index (χ3v) is 2.61. The van der Waals surface area contributed by atoms with Gasteiger partial charge in [0.2, 0.25) is 0 Å². The fraction of sp³-hybridized carbons (Fsp3) is 0.455. The molecule has 0 radical (unpaired) electrons. The molecular weight excluding hydrogens is 176 g/mol. The molecule has 3 nitrogen and oxygen atoms in total. The third kappa shape index (κ3) is 2.17. The minimum atomic E-state index is 0.235. The Labute approximate surface area is 83.8 Å². The Bertz CT molecular complexity index is 299. The van der Waals surface area contributed by atoms with Crippen LogP contribution >= 0.6 is 0 Å². The van der Waals surface area contributed by atoms with Crippen molar-refractivity contribution < 1.29 is 4.79 Å². The number of aromatic nitrogens is 1. The molecule has 1 saturated heterocycles. The maximum absolute atomic E-state index is 10.6. The van der Waals surface area contributed by atoms with Gasteiger partial charge in [0.05, 0.1) is 5.69 Å². The molecule has 2 rings (SSSR count). The standard InChI is InChI=1S/C11H14N2O/c14-9-10-4-6-13(7-10)8-11-3-1-2-5-12-11/h1-3,5,9-10H,4,6-8H2/t10-/m0/s1. The number of carbonyl (C=O) groups excluding carboxylic acids is 1. The molecule has 74 valence electrons. The second-order valence-electron chi connectivity index (χ2n) is 3.74. The first-order valence-electron chi connectivity index (χ1n) is 4.96. The Morgan fingerprint density at radius 1 is 1.57 bits per heavy atom. The van der Waals surface area contributed by atoms with Gasteiger partial charge in [-0.25, -0.2) is 0 Å². The van der Waals surface area contributed by atoms with Crippen LogP contribution in [-0.4, -0.2) is 29.3 Å². The van der Waals surface area contributed by atoms with Crippen LogP contribution in [-0.2, 0) is 11.3 Å². The van der Waals surface area contributed by atoms with Crippen LogP contribution in [0.3, 0.4) is 0 Å². The van der Waals surface area contributed by atoms with Crippen molar-refractivity contribution in [1.82, 2.24) is 9.88 Å². The zero-order valence-electron chi connectivity index (χ0n) is 8.10. The highest BCUT2D eigenvalue weighted by Crippen LogP contribution is 2.15. The van der Waals surface area contributed by atoms with Gasteiger partial charge in [0.15, 0.2) is 0 Å². The Hall–Kier alpha value is -1.22. The molecule has 0 bridgehead atoms. The molecule has 2 heterocycles. The van der Waals surface area contributed by atoms with Gasteiger partial charge < -0.3 is 4.79 Å². The summed E-state index contributed by atoms with van der Waals surface area (Å²) in [6.45, 7) is 2.77. The Kier molecular flexibility index (Phi) is 2.89. The van der Waals surface area contributed by atoms with E-state index in [1.165, 1.54) is 0 Å². The number of carbonyl (C=O) groups is 1. The molecular formula is C11H14N2O. The van der Waals surface area contributed by atoms with Gasteiger partial charge in [-0.2, -0.15) is 0 Å². The first-order chi connectivity index (χ1) is 6.88. The fourth-order valence-corrected chi connectivity index (χ4v) is 1.84. The van der Waals surface area contributed by atoms with Crippen molar-refractivity contribution in [3.8, 4) is 0 Å². The quantitative estimate of drug-likeness (QED) is 0.669. The first-order valence-corrected chi connectivity index (χ1v) is 4.96. The van der Waals surface area contributed by atoms with Crippen molar-refractivity contribution in [1.29, 1.82) is 0 Å². The monoisotopic (exact) mass is 190 g/mol. The van der Waals surface area contributed by atoms with Crippen molar-refractivity contribution in [3.05, 3.63) is 30.1 Å². The minimum absolute atomic E-state index is 0.235. The van der Waals surface area contributed by atoms with Gasteiger partial charge in [-0.05, 0) is 25.1 Å². The average Bonchev–Trinajstić information content (AvgIpc) is 2.67. The fourth-order valence-electron chi connectivity index (χ4n) is 1.84. The van der Waals surface area contributed by atoms with Gasteiger partial charge in [0.25, 0.3) is 0 Å². The van der Waals surface area contributed by atoms with Crippen LogP contribution in [0.1, 0.15) is 12.1 Å². The minimum Gasteiger partial charge on any atom is -0.303 e. The van der Waals surface area contributed by atoms with E-state index in [4.69, 9.17) is 0 Å². The highest BCUT2D eigenvalue weighted by atomic mass is 16.1. The largest absolute Gasteiger partial charge is 0.303 e. The van der Waals surface area contributed by atoms with E-state index in [0.717, 1.165) is 38.0 Å². The van der Waals surface area contributed by atoms with Crippen molar-refractivity contribution in [2.75, 3.05) is 13.1 Å². The zero-order valence-corrected chi connectivity index (χ0v) is 8.10. The lowest BCUT2D eigenvalue weighted by Gasteiger charge is -2.13. The molecule has 0 aliphatic carbocycles. The number of aldehydes is 1. The number of likely N-dealkylation sites (tertiary alicyclic amines) is 1. The van der Waals surface area contributed by atoms with E-state index in [0.29, 0.717) is 0 Å². The summed E-state index contributed by atoms with van der Waals surface area (Å²) in [5, 5.41) is 0. The zero-order chi connectivity index (χ0) is 9.80.